The van der Waals surface area contributed by atoms with Crippen molar-refractivity contribution < 1.29 is 19.5 Å². The smallest absolute Gasteiger partial charge is 0.335 e. The zero-order chi connectivity index (χ0) is 22.4. The van der Waals surface area contributed by atoms with Crippen LogP contribution in [0.1, 0.15) is 26.3 Å². The van der Waals surface area contributed by atoms with Gasteiger partial charge in [0.2, 0.25) is 0 Å². The summed E-state index contributed by atoms with van der Waals surface area (Å²) >= 11 is 9.23. The second-order valence-electron chi connectivity index (χ2n) is 6.41. The molecule has 0 aromatic heterocycles. The van der Waals surface area contributed by atoms with Gasteiger partial charge in [0.25, 0.3) is 11.8 Å². The van der Waals surface area contributed by atoms with Crippen molar-refractivity contribution in [3.63, 3.8) is 0 Å². The molecule has 8 heteroatoms. The summed E-state index contributed by atoms with van der Waals surface area (Å²) in [4.78, 5) is 36.7. The normalized spacial score (nSPS) is 11.0. The highest BCUT2D eigenvalue weighted by Crippen LogP contribution is 2.16. The van der Waals surface area contributed by atoms with Crippen molar-refractivity contribution in [2.45, 2.75) is 0 Å². The first-order valence-corrected chi connectivity index (χ1v) is 10.2. The first-order chi connectivity index (χ1) is 14.8. The van der Waals surface area contributed by atoms with Crippen LogP contribution >= 0.6 is 27.5 Å². The summed E-state index contributed by atoms with van der Waals surface area (Å²) in [5.74, 6) is -2.19. The molecule has 0 saturated carbocycles. The fraction of sp³-hybridized carbons (Fsp3) is 0. The molecule has 0 atom stereocenters. The number of carboxylic acid groups (broad SMARTS) is 1. The average molecular weight is 500 g/mol. The second kappa shape index (κ2) is 10.1. The largest absolute Gasteiger partial charge is 0.478 e. The third kappa shape index (κ3) is 6.28. The minimum Gasteiger partial charge on any atom is -0.478 e. The number of carbonyl (C=O) groups excluding carboxylic acids is 2. The third-order valence-electron chi connectivity index (χ3n) is 4.15. The summed E-state index contributed by atoms with van der Waals surface area (Å²) in [6, 6.07) is 19.2. The molecule has 0 aliphatic heterocycles. The van der Waals surface area contributed by atoms with E-state index in [0.29, 0.717) is 16.1 Å². The van der Waals surface area contributed by atoms with Crippen molar-refractivity contribution in [1.29, 1.82) is 0 Å². The number of anilines is 1. The topological polar surface area (TPSA) is 95.5 Å². The Kier molecular flexibility index (Phi) is 7.23. The molecule has 0 aliphatic rings. The Hall–Kier alpha value is -3.42. The van der Waals surface area contributed by atoms with Gasteiger partial charge in [0.05, 0.1) is 5.56 Å². The predicted molar refractivity (Wildman–Crippen MR) is 123 cm³/mol. The zero-order valence-corrected chi connectivity index (χ0v) is 18.3. The molecule has 6 nitrogen and oxygen atoms in total. The van der Waals surface area contributed by atoms with E-state index in [0.717, 1.165) is 4.47 Å². The second-order valence-corrected chi connectivity index (χ2v) is 7.76. The Morgan fingerprint density at radius 2 is 1.58 bits per heavy atom. The van der Waals surface area contributed by atoms with E-state index < -0.39 is 17.8 Å². The fourth-order valence-corrected chi connectivity index (χ4v) is 3.00. The van der Waals surface area contributed by atoms with Crippen LogP contribution in [0.25, 0.3) is 6.08 Å². The number of rotatable bonds is 6. The van der Waals surface area contributed by atoms with Crippen molar-refractivity contribution in [1.82, 2.24) is 5.32 Å². The highest BCUT2D eigenvalue weighted by molar-refractivity contribution is 9.10. The van der Waals surface area contributed by atoms with Gasteiger partial charge in [0, 0.05) is 20.7 Å². The number of carbonyl (C=O) groups is 3. The van der Waals surface area contributed by atoms with Crippen LogP contribution < -0.4 is 10.6 Å². The Balaban J connectivity index is 1.89. The van der Waals surface area contributed by atoms with Crippen LogP contribution in [0.15, 0.2) is 83.0 Å². The summed E-state index contributed by atoms with van der Waals surface area (Å²) in [5, 5.41) is 14.9. The van der Waals surface area contributed by atoms with Gasteiger partial charge < -0.3 is 15.7 Å². The van der Waals surface area contributed by atoms with Gasteiger partial charge in [0.15, 0.2) is 0 Å². The van der Waals surface area contributed by atoms with Gasteiger partial charge in [-0.1, -0.05) is 45.7 Å². The van der Waals surface area contributed by atoms with Crippen molar-refractivity contribution in [2.75, 3.05) is 5.32 Å². The minimum atomic E-state index is -1.11. The number of amides is 2. The number of aromatic carboxylic acids is 1. The number of benzene rings is 3. The van der Waals surface area contributed by atoms with Gasteiger partial charge in [-0.15, -0.1) is 0 Å². The first-order valence-electron chi connectivity index (χ1n) is 9.01. The lowest BCUT2D eigenvalue weighted by Gasteiger charge is -2.12. The van der Waals surface area contributed by atoms with E-state index in [-0.39, 0.29) is 16.9 Å². The van der Waals surface area contributed by atoms with Crippen LogP contribution in [-0.4, -0.2) is 22.9 Å². The Morgan fingerprint density at radius 1 is 0.903 bits per heavy atom. The fourth-order valence-electron chi connectivity index (χ4n) is 2.61. The van der Waals surface area contributed by atoms with Crippen LogP contribution in [0.2, 0.25) is 5.02 Å². The monoisotopic (exact) mass is 498 g/mol. The van der Waals surface area contributed by atoms with Crippen LogP contribution in [-0.2, 0) is 4.79 Å². The van der Waals surface area contributed by atoms with Crippen molar-refractivity contribution >= 4 is 57.1 Å². The summed E-state index contributed by atoms with van der Waals surface area (Å²) in [6.07, 6.45) is 1.50. The number of hydrogen-bond acceptors (Lipinski definition) is 3. The third-order valence-corrected chi connectivity index (χ3v) is 4.93. The first kappa shape index (κ1) is 22.3. The molecular weight excluding hydrogens is 484 g/mol. The van der Waals surface area contributed by atoms with Crippen molar-refractivity contribution in [3.05, 3.63) is 105 Å². The lowest BCUT2D eigenvalue weighted by atomic mass is 10.1. The molecule has 0 bridgehead atoms. The molecule has 3 aromatic rings. The zero-order valence-electron chi connectivity index (χ0n) is 15.9. The lowest BCUT2D eigenvalue weighted by molar-refractivity contribution is -0.113. The molecule has 0 heterocycles. The number of nitrogens with one attached hydrogen (secondary N) is 2. The van der Waals surface area contributed by atoms with Crippen LogP contribution in [0.5, 0.6) is 0 Å². The number of carboxylic acids is 1. The average Bonchev–Trinajstić information content (AvgIpc) is 2.75. The molecule has 3 N–H and O–H groups in total. The van der Waals surface area contributed by atoms with E-state index in [1.54, 1.807) is 54.6 Å². The molecule has 0 spiro atoms. The maximum atomic E-state index is 12.9. The van der Waals surface area contributed by atoms with Gasteiger partial charge in [-0.25, -0.2) is 4.79 Å². The van der Waals surface area contributed by atoms with Crippen LogP contribution in [0.4, 0.5) is 5.69 Å². The maximum Gasteiger partial charge on any atom is 0.335 e. The van der Waals surface area contributed by atoms with Crippen molar-refractivity contribution in [3.8, 4) is 0 Å². The van der Waals surface area contributed by atoms with E-state index in [2.05, 4.69) is 26.6 Å². The Labute approximate surface area is 191 Å². The lowest BCUT2D eigenvalue weighted by Crippen LogP contribution is -2.30. The molecule has 0 radical (unpaired) electrons. The molecule has 0 saturated heterocycles. The molecule has 0 unspecified atom stereocenters. The molecule has 3 rings (SSSR count). The number of hydrogen-bond donors (Lipinski definition) is 3. The molecular formula is C23H16BrClN2O4. The summed E-state index contributed by atoms with van der Waals surface area (Å²) in [7, 11) is 0. The van der Waals surface area contributed by atoms with E-state index >= 15 is 0 Å². The van der Waals surface area contributed by atoms with Crippen LogP contribution in [0.3, 0.4) is 0 Å². The summed E-state index contributed by atoms with van der Waals surface area (Å²) in [6.45, 7) is 0. The van der Waals surface area contributed by atoms with Gasteiger partial charge in [-0.05, 0) is 66.2 Å². The predicted octanol–water partition coefficient (Wildman–Crippen LogP) is 5.21. The molecule has 0 fully saturated rings. The van der Waals surface area contributed by atoms with E-state index in [1.807, 2.05) is 0 Å². The molecule has 31 heavy (non-hydrogen) atoms. The molecule has 156 valence electrons. The van der Waals surface area contributed by atoms with E-state index in [1.165, 1.54) is 24.3 Å². The quantitative estimate of drug-likeness (QED) is 0.406. The summed E-state index contributed by atoms with van der Waals surface area (Å²) < 4.78 is 0.817. The summed E-state index contributed by atoms with van der Waals surface area (Å²) in [5.41, 5.74) is 1.30. The van der Waals surface area contributed by atoms with Gasteiger partial charge in [-0.2, -0.15) is 0 Å². The minimum absolute atomic E-state index is 0.0176. The van der Waals surface area contributed by atoms with E-state index in [4.69, 9.17) is 16.7 Å². The van der Waals surface area contributed by atoms with Crippen LogP contribution in [0, 0.1) is 0 Å². The standard InChI is InChI=1S/C23H16BrClN2O4/c24-17-8-6-15(7-9-17)21(28)27-20(12-14-4-10-18(25)11-5-14)22(29)26-19-3-1-2-16(13-19)23(30)31/h1-13H,(H,26,29)(H,27,28)(H,30,31). The Morgan fingerprint density at radius 3 is 2.23 bits per heavy atom. The molecule has 3 aromatic carbocycles. The van der Waals surface area contributed by atoms with Crippen molar-refractivity contribution in [2.24, 2.45) is 0 Å². The molecule has 2 amide bonds. The SMILES string of the molecule is O=C(Nc1cccc(C(=O)O)c1)C(=Cc1ccc(Cl)cc1)NC(=O)c1ccc(Br)cc1. The van der Waals surface area contributed by atoms with Gasteiger partial charge >= 0.3 is 5.97 Å². The Bertz CT molecular complexity index is 1160. The highest BCUT2D eigenvalue weighted by Gasteiger charge is 2.16. The van der Waals surface area contributed by atoms with Gasteiger partial charge in [0.1, 0.15) is 5.70 Å². The molecule has 0 aliphatic carbocycles. The maximum absolute atomic E-state index is 12.9. The van der Waals surface area contributed by atoms with E-state index in [9.17, 15) is 14.4 Å². The number of halogens is 2. The highest BCUT2D eigenvalue weighted by atomic mass is 79.9. The van der Waals surface area contributed by atoms with Gasteiger partial charge in [-0.3, -0.25) is 9.59 Å².